The molecule has 0 radical (unpaired) electrons. The SMILES string of the molecule is CCCCC(CC)Nc1ccc(C)c(OC)c1C. The van der Waals surface area contributed by atoms with Gasteiger partial charge in [-0.15, -0.1) is 0 Å². The van der Waals surface area contributed by atoms with E-state index >= 15 is 0 Å². The van der Waals surface area contributed by atoms with Gasteiger partial charge in [0, 0.05) is 17.3 Å². The van der Waals surface area contributed by atoms with Crippen molar-refractivity contribution in [2.24, 2.45) is 0 Å². The van der Waals surface area contributed by atoms with Crippen LogP contribution in [0.4, 0.5) is 5.69 Å². The van der Waals surface area contributed by atoms with Crippen molar-refractivity contribution >= 4 is 5.69 Å². The Hall–Kier alpha value is -1.18. The molecule has 0 amide bonds. The number of nitrogens with one attached hydrogen (secondary N) is 1. The van der Waals surface area contributed by atoms with Crippen molar-refractivity contribution in [2.75, 3.05) is 12.4 Å². The summed E-state index contributed by atoms with van der Waals surface area (Å²) in [4.78, 5) is 0. The lowest BCUT2D eigenvalue weighted by atomic mass is 10.0. The van der Waals surface area contributed by atoms with Crippen LogP contribution in [0.15, 0.2) is 12.1 Å². The van der Waals surface area contributed by atoms with Gasteiger partial charge in [-0.05, 0) is 38.3 Å². The fourth-order valence-corrected chi connectivity index (χ4v) is 2.35. The standard InChI is InChI=1S/C16H27NO/c1-6-8-9-14(7-2)17-15-11-10-12(3)16(18-5)13(15)4/h10-11,14,17H,6-9H2,1-5H3. The highest BCUT2D eigenvalue weighted by Crippen LogP contribution is 2.30. The van der Waals surface area contributed by atoms with E-state index in [0.29, 0.717) is 6.04 Å². The molecule has 18 heavy (non-hydrogen) atoms. The monoisotopic (exact) mass is 249 g/mol. The maximum Gasteiger partial charge on any atom is 0.126 e. The van der Waals surface area contributed by atoms with E-state index in [1.807, 2.05) is 0 Å². The van der Waals surface area contributed by atoms with E-state index in [1.165, 1.54) is 36.1 Å². The van der Waals surface area contributed by atoms with Gasteiger partial charge in [-0.3, -0.25) is 0 Å². The Labute approximate surface area is 112 Å². The van der Waals surface area contributed by atoms with Crippen molar-refractivity contribution in [1.29, 1.82) is 0 Å². The molecule has 0 aliphatic heterocycles. The second-order valence-electron chi connectivity index (χ2n) is 4.98. The van der Waals surface area contributed by atoms with E-state index in [2.05, 4.69) is 45.1 Å². The van der Waals surface area contributed by atoms with Gasteiger partial charge in [-0.2, -0.15) is 0 Å². The summed E-state index contributed by atoms with van der Waals surface area (Å²) >= 11 is 0. The van der Waals surface area contributed by atoms with Gasteiger partial charge in [-0.1, -0.05) is 32.8 Å². The van der Waals surface area contributed by atoms with Crippen molar-refractivity contribution in [3.63, 3.8) is 0 Å². The topological polar surface area (TPSA) is 21.3 Å². The first-order valence-electron chi connectivity index (χ1n) is 7.04. The highest BCUT2D eigenvalue weighted by molar-refractivity contribution is 5.60. The minimum atomic E-state index is 0.566. The molecular weight excluding hydrogens is 222 g/mol. The van der Waals surface area contributed by atoms with Crippen LogP contribution in [0.5, 0.6) is 5.75 Å². The maximum atomic E-state index is 5.47. The van der Waals surface area contributed by atoms with Crippen molar-refractivity contribution in [3.05, 3.63) is 23.3 Å². The van der Waals surface area contributed by atoms with Crippen LogP contribution in [-0.4, -0.2) is 13.2 Å². The Kier molecular flexibility index (Phi) is 6.03. The number of unbranched alkanes of at least 4 members (excludes halogenated alkanes) is 1. The minimum absolute atomic E-state index is 0.566. The van der Waals surface area contributed by atoms with Gasteiger partial charge in [-0.25, -0.2) is 0 Å². The van der Waals surface area contributed by atoms with Crippen LogP contribution in [-0.2, 0) is 0 Å². The summed E-state index contributed by atoms with van der Waals surface area (Å²) in [6.45, 7) is 8.70. The lowest BCUT2D eigenvalue weighted by Crippen LogP contribution is -2.19. The number of benzene rings is 1. The van der Waals surface area contributed by atoms with Crippen LogP contribution in [0.2, 0.25) is 0 Å². The lowest BCUT2D eigenvalue weighted by Gasteiger charge is -2.21. The zero-order chi connectivity index (χ0) is 13.5. The summed E-state index contributed by atoms with van der Waals surface area (Å²) in [5.74, 6) is 1.00. The first-order chi connectivity index (χ1) is 8.63. The van der Waals surface area contributed by atoms with E-state index in [0.717, 1.165) is 12.2 Å². The molecule has 0 bridgehead atoms. The molecule has 2 nitrogen and oxygen atoms in total. The predicted molar refractivity (Wildman–Crippen MR) is 79.7 cm³/mol. The van der Waals surface area contributed by atoms with Crippen molar-refractivity contribution in [2.45, 2.75) is 59.4 Å². The number of aryl methyl sites for hydroxylation is 1. The Bertz CT molecular complexity index is 374. The third-order valence-electron chi connectivity index (χ3n) is 3.57. The molecule has 1 rings (SSSR count). The average Bonchev–Trinajstić information content (AvgIpc) is 2.37. The number of hydrogen-bond donors (Lipinski definition) is 1. The Morgan fingerprint density at radius 2 is 1.94 bits per heavy atom. The molecule has 0 aromatic heterocycles. The summed E-state index contributed by atoms with van der Waals surface area (Å²) in [5, 5.41) is 3.65. The molecule has 0 aliphatic rings. The van der Waals surface area contributed by atoms with Crippen molar-refractivity contribution < 1.29 is 4.74 Å². The molecule has 1 unspecified atom stereocenters. The second kappa shape index (κ2) is 7.30. The third-order valence-corrected chi connectivity index (χ3v) is 3.57. The number of rotatable bonds is 7. The number of hydrogen-bond acceptors (Lipinski definition) is 2. The molecule has 0 saturated carbocycles. The molecule has 1 aromatic carbocycles. The molecule has 1 N–H and O–H groups in total. The maximum absolute atomic E-state index is 5.47. The minimum Gasteiger partial charge on any atom is -0.496 e. The number of methoxy groups -OCH3 is 1. The van der Waals surface area contributed by atoms with E-state index in [4.69, 9.17) is 4.74 Å². The third kappa shape index (κ3) is 3.66. The summed E-state index contributed by atoms with van der Waals surface area (Å²) < 4.78 is 5.47. The molecule has 0 heterocycles. The quantitative estimate of drug-likeness (QED) is 0.756. The fourth-order valence-electron chi connectivity index (χ4n) is 2.35. The van der Waals surface area contributed by atoms with E-state index in [1.54, 1.807) is 7.11 Å². The van der Waals surface area contributed by atoms with E-state index in [-0.39, 0.29) is 0 Å². The van der Waals surface area contributed by atoms with Gasteiger partial charge < -0.3 is 10.1 Å². The predicted octanol–water partition coefficient (Wildman–Crippen LogP) is 4.69. The van der Waals surface area contributed by atoms with Crippen LogP contribution < -0.4 is 10.1 Å². The average molecular weight is 249 g/mol. The summed E-state index contributed by atoms with van der Waals surface area (Å²) in [7, 11) is 1.74. The van der Waals surface area contributed by atoms with Crippen molar-refractivity contribution in [1.82, 2.24) is 0 Å². The zero-order valence-corrected chi connectivity index (χ0v) is 12.5. The summed E-state index contributed by atoms with van der Waals surface area (Å²) in [6.07, 6.45) is 4.94. The van der Waals surface area contributed by atoms with Crippen LogP contribution in [0.3, 0.4) is 0 Å². The van der Waals surface area contributed by atoms with E-state index < -0.39 is 0 Å². The Morgan fingerprint density at radius 3 is 2.50 bits per heavy atom. The van der Waals surface area contributed by atoms with Gasteiger partial charge in [0.1, 0.15) is 5.75 Å². The normalized spacial score (nSPS) is 12.3. The Morgan fingerprint density at radius 1 is 1.22 bits per heavy atom. The zero-order valence-electron chi connectivity index (χ0n) is 12.5. The molecule has 0 spiro atoms. The molecule has 0 aliphatic carbocycles. The highest BCUT2D eigenvalue weighted by atomic mass is 16.5. The number of anilines is 1. The van der Waals surface area contributed by atoms with E-state index in [9.17, 15) is 0 Å². The summed E-state index contributed by atoms with van der Waals surface area (Å²) in [5.41, 5.74) is 3.62. The fraction of sp³-hybridized carbons (Fsp3) is 0.625. The van der Waals surface area contributed by atoms with Crippen LogP contribution in [0, 0.1) is 13.8 Å². The van der Waals surface area contributed by atoms with Crippen LogP contribution in [0.25, 0.3) is 0 Å². The number of ether oxygens (including phenoxy) is 1. The molecule has 2 heteroatoms. The molecule has 0 fully saturated rings. The van der Waals surface area contributed by atoms with Gasteiger partial charge in [0.2, 0.25) is 0 Å². The summed E-state index contributed by atoms with van der Waals surface area (Å²) in [6, 6.07) is 4.86. The molecule has 102 valence electrons. The van der Waals surface area contributed by atoms with Crippen LogP contribution in [0.1, 0.15) is 50.7 Å². The van der Waals surface area contributed by atoms with Gasteiger partial charge in [0.25, 0.3) is 0 Å². The first-order valence-corrected chi connectivity index (χ1v) is 7.04. The van der Waals surface area contributed by atoms with Crippen molar-refractivity contribution in [3.8, 4) is 5.75 Å². The lowest BCUT2D eigenvalue weighted by molar-refractivity contribution is 0.408. The largest absolute Gasteiger partial charge is 0.496 e. The highest BCUT2D eigenvalue weighted by Gasteiger charge is 2.11. The molecular formula is C16H27NO. The first kappa shape index (κ1) is 14.9. The Balaban J connectivity index is 2.83. The molecule has 1 atom stereocenters. The smallest absolute Gasteiger partial charge is 0.126 e. The second-order valence-corrected chi connectivity index (χ2v) is 4.98. The van der Waals surface area contributed by atoms with Gasteiger partial charge in [0.05, 0.1) is 7.11 Å². The molecule has 0 saturated heterocycles. The van der Waals surface area contributed by atoms with Gasteiger partial charge in [0.15, 0.2) is 0 Å². The molecule has 1 aromatic rings. The van der Waals surface area contributed by atoms with Gasteiger partial charge >= 0.3 is 0 Å². The van der Waals surface area contributed by atoms with Crippen LogP contribution >= 0.6 is 0 Å².